The molecule has 0 rings (SSSR count). The van der Waals surface area contributed by atoms with Crippen molar-refractivity contribution in [2.75, 3.05) is 41.0 Å². The number of nitrogens with zero attached hydrogens (tertiary/aromatic N) is 1. The molecule has 0 radical (unpaired) electrons. The number of aliphatic carboxylic acids is 1. The van der Waals surface area contributed by atoms with Crippen molar-refractivity contribution in [3.05, 3.63) is 72.9 Å². The van der Waals surface area contributed by atoms with Gasteiger partial charge < -0.3 is 23.8 Å². The minimum absolute atomic E-state index is 0.0358. The SMILES string of the molecule is CC/C=C/C/C=C/C/C=C/C/C=C/C/C=C/C/C=C/CCC(=O)OCC(COCCC(C(=O)O)[N+](C)(C)C)OC(=O)CCCCCCCCCCCCCC. The number of ether oxygens (including phenoxy) is 3. The van der Waals surface area contributed by atoms with E-state index in [0.717, 1.165) is 57.8 Å². The Balaban J connectivity index is 4.48. The molecule has 55 heavy (non-hydrogen) atoms. The van der Waals surface area contributed by atoms with E-state index in [-0.39, 0.29) is 42.7 Å². The molecule has 0 aromatic heterocycles. The summed E-state index contributed by atoms with van der Waals surface area (Å²) in [6.07, 6.45) is 46.7. The van der Waals surface area contributed by atoms with Crippen LogP contribution in [0.4, 0.5) is 0 Å². The minimum Gasteiger partial charge on any atom is -0.477 e. The molecule has 0 aromatic carbocycles. The van der Waals surface area contributed by atoms with Gasteiger partial charge in [0.25, 0.3) is 0 Å². The van der Waals surface area contributed by atoms with Crippen LogP contribution >= 0.6 is 0 Å². The normalized spacial score (nSPS) is 13.7. The molecule has 1 N–H and O–H groups in total. The van der Waals surface area contributed by atoms with Gasteiger partial charge in [-0.15, -0.1) is 0 Å². The Bertz CT molecular complexity index is 1130. The number of carbonyl (C=O) groups excluding carboxylic acids is 2. The van der Waals surface area contributed by atoms with Crippen LogP contribution in [0.15, 0.2) is 72.9 Å². The van der Waals surface area contributed by atoms with Crippen molar-refractivity contribution < 1.29 is 38.2 Å². The second kappa shape index (κ2) is 37.7. The Hall–Kier alpha value is -3.23. The van der Waals surface area contributed by atoms with Gasteiger partial charge in [-0.25, -0.2) is 4.79 Å². The zero-order valence-corrected chi connectivity index (χ0v) is 35.6. The smallest absolute Gasteiger partial charge is 0.362 e. The number of carboxylic acid groups (broad SMARTS) is 1. The molecule has 0 spiro atoms. The van der Waals surface area contributed by atoms with Crippen LogP contribution in [0.25, 0.3) is 0 Å². The highest BCUT2D eigenvalue weighted by atomic mass is 16.6. The molecular weight excluding hydrogens is 691 g/mol. The Kier molecular flexibility index (Phi) is 35.5. The van der Waals surface area contributed by atoms with Crippen LogP contribution in [-0.4, -0.2) is 80.6 Å². The summed E-state index contributed by atoms with van der Waals surface area (Å²) in [7, 11) is 5.50. The average Bonchev–Trinajstić information content (AvgIpc) is 3.14. The van der Waals surface area contributed by atoms with Crippen molar-refractivity contribution in [3.63, 3.8) is 0 Å². The quantitative estimate of drug-likeness (QED) is 0.0291. The van der Waals surface area contributed by atoms with Gasteiger partial charge in [0.05, 0.1) is 34.4 Å². The lowest BCUT2D eigenvalue weighted by Gasteiger charge is -2.31. The molecule has 314 valence electrons. The summed E-state index contributed by atoms with van der Waals surface area (Å²) >= 11 is 0. The van der Waals surface area contributed by atoms with E-state index in [1.54, 1.807) is 0 Å². The van der Waals surface area contributed by atoms with Crippen molar-refractivity contribution in [2.45, 2.75) is 167 Å². The maximum Gasteiger partial charge on any atom is 0.362 e. The van der Waals surface area contributed by atoms with Gasteiger partial charge in [0, 0.05) is 19.3 Å². The Morgan fingerprint density at radius 3 is 1.47 bits per heavy atom. The first kappa shape index (κ1) is 51.8. The number of carboxylic acids is 1. The summed E-state index contributed by atoms with van der Waals surface area (Å²) in [4.78, 5) is 36.9. The largest absolute Gasteiger partial charge is 0.477 e. The summed E-state index contributed by atoms with van der Waals surface area (Å²) in [5.74, 6) is -1.58. The molecule has 0 heterocycles. The summed E-state index contributed by atoms with van der Waals surface area (Å²) in [6, 6.07) is -0.626. The molecule has 0 amide bonds. The first-order chi connectivity index (χ1) is 26.6. The standard InChI is InChI=1S/C47H79NO7/c1-6-8-10-12-14-16-18-20-21-22-23-24-25-26-28-29-31-33-35-37-45(49)54-42-43(41-53-40-39-44(47(51)52)48(3,4)5)55-46(50)38-36-34-32-30-27-19-17-15-13-11-9-7-2/h8,10,14,16,20-21,23-24,26,28,31,33,43-44H,6-7,9,11-13,15,17-19,22,25,27,29-30,32,34-42H2,1-5H3/p+1/b10-8+,16-14+,21-20+,24-23+,28-26+,33-31+. The third kappa shape index (κ3) is 36.2. The molecule has 0 aliphatic rings. The van der Waals surface area contributed by atoms with E-state index in [1.165, 1.54) is 57.8 Å². The summed E-state index contributed by atoms with van der Waals surface area (Å²) in [6.45, 7) is 4.52. The summed E-state index contributed by atoms with van der Waals surface area (Å²) in [5, 5.41) is 9.60. The number of carbonyl (C=O) groups is 3. The molecule has 0 fully saturated rings. The first-order valence-corrected chi connectivity index (χ1v) is 21.5. The minimum atomic E-state index is -0.887. The van der Waals surface area contributed by atoms with Gasteiger partial charge in [-0.05, 0) is 51.4 Å². The number of allylic oxidation sites excluding steroid dienone is 12. The third-order valence-corrected chi connectivity index (χ3v) is 9.13. The molecule has 0 saturated carbocycles. The number of unbranched alkanes of at least 4 members (excludes halogenated alkanes) is 11. The van der Waals surface area contributed by atoms with Gasteiger partial charge in [-0.2, -0.15) is 0 Å². The Morgan fingerprint density at radius 1 is 0.564 bits per heavy atom. The van der Waals surface area contributed by atoms with Gasteiger partial charge in [0.1, 0.15) is 6.61 Å². The maximum atomic E-state index is 12.7. The van der Waals surface area contributed by atoms with Gasteiger partial charge in [0.15, 0.2) is 12.1 Å². The number of quaternary nitrogens is 1. The van der Waals surface area contributed by atoms with E-state index >= 15 is 0 Å². The number of esters is 2. The highest BCUT2D eigenvalue weighted by molar-refractivity contribution is 5.72. The Labute approximate surface area is 336 Å². The number of hydrogen-bond acceptors (Lipinski definition) is 6. The van der Waals surface area contributed by atoms with Crippen LogP contribution in [-0.2, 0) is 28.6 Å². The number of likely N-dealkylation sites (N-methyl/N-ethyl adjacent to an activating group) is 1. The number of rotatable bonds is 37. The highest BCUT2D eigenvalue weighted by Gasteiger charge is 2.31. The molecule has 0 aromatic rings. The summed E-state index contributed by atoms with van der Waals surface area (Å²) < 4.78 is 17.2. The third-order valence-electron chi connectivity index (χ3n) is 9.13. The van der Waals surface area contributed by atoms with E-state index in [9.17, 15) is 19.5 Å². The van der Waals surface area contributed by atoms with E-state index in [4.69, 9.17) is 14.2 Å². The second-order valence-corrected chi connectivity index (χ2v) is 15.2. The molecule has 0 saturated heterocycles. The second-order valence-electron chi connectivity index (χ2n) is 15.2. The predicted octanol–water partition coefficient (Wildman–Crippen LogP) is 11.6. The van der Waals surface area contributed by atoms with Gasteiger partial charge in [-0.1, -0.05) is 157 Å². The molecule has 2 unspecified atom stereocenters. The van der Waals surface area contributed by atoms with Crippen LogP contribution in [0.5, 0.6) is 0 Å². The van der Waals surface area contributed by atoms with Crippen LogP contribution in [0.1, 0.15) is 155 Å². The van der Waals surface area contributed by atoms with E-state index < -0.39 is 18.1 Å². The van der Waals surface area contributed by atoms with E-state index in [1.807, 2.05) is 33.3 Å². The average molecular weight is 771 g/mol. The van der Waals surface area contributed by atoms with Gasteiger partial charge in [0.2, 0.25) is 0 Å². The zero-order chi connectivity index (χ0) is 40.7. The lowest BCUT2D eigenvalue weighted by Crippen LogP contribution is -2.50. The fraction of sp³-hybridized carbons (Fsp3) is 0.681. The van der Waals surface area contributed by atoms with E-state index in [2.05, 4.69) is 74.6 Å². The van der Waals surface area contributed by atoms with Gasteiger partial charge in [-0.3, -0.25) is 9.59 Å². The van der Waals surface area contributed by atoms with E-state index in [0.29, 0.717) is 19.3 Å². The lowest BCUT2D eigenvalue weighted by atomic mass is 10.0. The van der Waals surface area contributed by atoms with Crippen LogP contribution < -0.4 is 0 Å². The van der Waals surface area contributed by atoms with Crippen molar-refractivity contribution in [3.8, 4) is 0 Å². The molecular formula is C47H80NO7+. The highest BCUT2D eigenvalue weighted by Crippen LogP contribution is 2.14. The lowest BCUT2D eigenvalue weighted by molar-refractivity contribution is -0.887. The predicted molar refractivity (Wildman–Crippen MR) is 229 cm³/mol. The molecule has 8 heteroatoms. The van der Waals surface area contributed by atoms with Gasteiger partial charge >= 0.3 is 17.9 Å². The van der Waals surface area contributed by atoms with Crippen molar-refractivity contribution in [1.29, 1.82) is 0 Å². The molecule has 0 bridgehead atoms. The zero-order valence-electron chi connectivity index (χ0n) is 35.6. The van der Waals surface area contributed by atoms with Crippen LogP contribution in [0, 0.1) is 0 Å². The molecule has 8 nitrogen and oxygen atoms in total. The van der Waals surface area contributed by atoms with Crippen LogP contribution in [0.2, 0.25) is 0 Å². The molecule has 0 aliphatic carbocycles. The molecule has 0 aliphatic heterocycles. The topological polar surface area (TPSA) is 99.1 Å². The molecule has 2 atom stereocenters. The van der Waals surface area contributed by atoms with Crippen molar-refractivity contribution in [2.24, 2.45) is 0 Å². The van der Waals surface area contributed by atoms with Crippen molar-refractivity contribution >= 4 is 17.9 Å². The first-order valence-electron chi connectivity index (χ1n) is 21.5. The fourth-order valence-electron chi connectivity index (χ4n) is 5.82. The maximum absolute atomic E-state index is 12.7. The van der Waals surface area contributed by atoms with Crippen molar-refractivity contribution in [1.82, 2.24) is 0 Å². The Morgan fingerprint density at radius 2 is 1.02 bits per heavy atom. The monoisotopic (exact) mass is 771 g/mol. The number of hydrogen-bond donors (Lipinski definition) is 1. The summed E-state index contributed by atoms with van der Waals surface area (Å²) in [5.41, 5.74) is 0. The van der Waals surface area contributed by atoms with Crippen LogP contribution in [0.3, 0.4) is 0 Å². The fourth-order valence-corrected chi connectivity index (χ4v) is 5.82.